The third-order valence-electron chi connectivity index (χ3n) is 2.99. The predicted molar refractivity (Wildman–Crippen MR) is 77.0 cm³/mol. The number of nitrogens with two attached hydrogens (primary N) is 1. The van der Waals surface area contributed by atoms with Gasteiger partial charge in [0.25, 0.3) is 0 Å². The smallest absolute Gasteiger partial charge is 0.0536 e. The Bertz CT molecular complexity index is 552. The van der Waals surface area contributed by atoms with Crippen LogP contribution in [0.1, 0.15) is 11.1 Å². The van der Waals surface area contributed by atoms with E-state index in [-0.39, 0.29) is 0 Å². The van der Waals surface area contributed by atoms with Gasteiger partial charge in [-0.15, -0.1) is 0 Å². The summed E-state index contributed by atoms with van der Waals surface area (Å²) in [7, 11) is -0.986. The molecule has 0 amide bonds. The van der Waals surface area contributed by atoms with Crippen molar-refractivity contribution in [3.05, 3.63) is 59.7 Å². The second-order valence-electron chi connectivity index (χ2n) is 4.26. The van der Waals surface area contributed by atoms with Crippen molar-refractivity contribution in [2.24, 2.45) is 0 Å². The zero-order valence-electron chi connectivity index (χ0n) is 10.4. The Hall–Kier alpha value is -1.61. The van der Waals surface area contributed by atoms with E-state index in [4.69, 9.17) is 5.73 Å². The molecule has 2 aromatic carbocycles. The minimum absolute atomic E-state index is 0.633. The van der Waals surface area contributed by atoms with E-state index in [1.807, 2.05) is 43.3 Å². The molecule has 1 unspecified atom stereocenters. The van der Waals surface area contributed by atoms with E-state index < -0.39 is 10.8 Å². The van der Waals surface area contributed by atoms with Gasteiger partial charge in [0.05, 0.1) is 10.8 Å². The van der Waals surface area contributed by atoms with Crippen LogP contribution in [0.15, 0.2) is 53.4 Å². The quantitative estimate of drug-likeness (QED) is 0.858. The van der Waals surface area contributed by atoms with Crippen molar-refractivity contribution in [1.29, 1.82) is 0 Å². The van der Waals surface area contributed by atoms with Crippen LogP contribution in [0.4, 0.5) is 5.69 Å². The molecule has 0 bridgehead atoms. The number of aryl methyl sites for hydroxylation is 1. The molecule has 0 fully saturated rings. The van der Waals surface area contributed by atoms with Crippen molar-refractivity contribution >= 4 is 16.5 Å². The van der Waals surface area contributed by atoms with Gasteiger partial charge in [0.2, 0.25) is 0 Å². The van der Waals surface area contributed by atoms with Gasteiger partial charge in [0.1, 0.15) is 0 Å². The van der Waals surface area contributed by atoms with E-state index >= 15 is 0 Å². The lowest BCUT2D eigenvalue weighted by Gasteiger charge is -2.08. The molecule has 0 aliphatic carbocycles. The second-order valence-corrected chi connectivity index (χ2v) is 5.79. The summed E-state index contributed by atoms with van der Waals surface area (Å²) in [5.74, 6) is 0.633. The predicted octanol–water partition coefficient (Wildman–Crippen LogP) is 2.93. The van der Waals surface area contributed by atoms with Crippen LogP contribution in [0.3, 0.4) is 0 Å². The van der Waals surface area contributed by atoms with Crippen molar-refractivity contribution in [1.82, 2.24) is 0 Å². The van der Waals surface area contributed by atoms with Gasteiger partial charge in [-0.3, -0.25) is 4.21 Å². The zero-order valence-corrected chi connectivity index (χ0v) is 11.2. The van der Waals surface area contributed by atoms with E-state index in [0.717, 1.165) is 16.9 Å². The van der Waals surface area contributed by atoms with Crippen LogP contribution in [-0.4, -0.2) is 9.96 Å². The highest BCUT2D eigenvalue weighted by Crippen LogP contribution is 2.19. The topological polar surface area (TPSA) is 43.1 Å². The first-order chi connectivity index (χ1) is 8.68. The third kappa shape index (κ3) is 2.99. The summed E-state index contributed by atoms with van der Waals surface area (Å²) < 4.78 is 12.2. The molecular formula is C15H17NOS. The minimum Gasteiger partial charge on any atom is -0.398 e. The Morgan fingerprint density at radius 1 is 1.06 bits per heavy atom. The largest absolute Gasteiger partial charge is 0.398 e. The van der Waals surface area contributed by atoms with Gasteiger partial charge >= 0.3 is 0 Å². The summed E-state index contributed by atoms with van der Waals surface area (Å²) in [5.41, 5.74) is 8.69. The van der Waals surface area contributed by atoms with Gasteiger partial charge < -0.3 is 5.73 Å². The summed E-state index contributed by atoms with van der Waals surface area (Å²) in [4.78, 5) is 0.853. The minimum atomic E-state index is -0.986. The van der Waals surface area contributed by atoms with Gasteiger partial charge in [-0.1, -0.05) is 36.4 Å². The zero-order chi connectivity index (χ0) is 13.0. The molecule has 2 rings (SSSR count). The fraction of sp³-hybridized carbons (Fsp3) is 0.200. The average molecular weight is 259 g/mol. The number of hydrogen-bond donors (Lipinski definition) is 1. The summed E-state index contributed by atoms with van der Waals surface area (Å²) >= 11 is 0. The van der Waals surface area contributed by atoms with Gasteiger partial charge in [-0.05, 0) is 36.6 Å². The van der Waals surface area contributed by atoms with Crippen LogP contribution in [0.25, 0.3) is 0 Å². The molecule has 0 radical (unpaired) electrons. The number of anilines is 1. The van der Waals surface area contributed by atoms with E-state index in [0.29, 0.717) is 11.4 Å². The van der Waals surface area contributed by atoms with E-state index in [1.54, 1.807) is 0 Å². The van der Waals surface area contributed by atoms with Gasteiger partial charge in [-0.2, -0.15) is 0 Å². The third-order valence-corrected chi connectivity index (χ3v) is 4.50. The van der Waals surface area contributed by atoms with Crippen LogP contribution in [-0.2, 0) is 17.2 Å². The van der Waals surface area contributed by atoms with Crippen LogP contribution in [0.5, 0.6) is 0 Å². The highest BCUT2D eigenvalue weighted by molar-refractivity contribution is 7.85. The first kappa shape index (κ1) is 12.8. The summed E-state index contributed by atoms with van der Waals surface area (Å²) in [6.45, 7) is 1.92. The maximum atomic E-state index is 12.2. The first-order valence-electron chi connectivity index (χ1n) is 5.96. The maximum absolute atomic E-state index is 12.2. The molecule has 3 heteroatoms. The summed E-state index contributed by atoms with van der Waals surface area (Å²) in [6.07, 6.45) is 0.821. The average Bonchev–Trinajstić information content (AvgIpc) is 2.40. The molecule has 0 aromatic heterocycles. The highest BCUT2D eigenvalue weighted by Gasteiger charge is 2.08. The van der Waals surface area contributed by atoms with E-state index in [9.17, 15) is 4.21 Å². The normalized spacial score (nSPS) is 12.3. The molecule has 2 N–H and O–H groups in total. The van der Waals surface area contributed by atoms with Crippen molar-refractivity contribution in [3.63, 3.8) is 0 Å². The number of hydrogen-bond acceptors (Lipinski definition) is 2. The van der Waals surface area contributed by atoms with Crippen LogP contribution in [0, 0.1) is 6.92 Å². The lowest BCUT2D eigenvalue weighted by molar-refractivity contribution is 0.682. The summed E-state index contributed by atoms with van der Waals surface area (Å²) in [6, 6.07) is 15.7. The van der Waals surface area contributed by atoms with Crippen molar-refractivity contribution in [3.8, 4) is 0 Å². The molecule has 0 heterocycles. The second kappa shape index (κ2) is 5.83. The number of rotatable bonds is 4. The highest BCUT2D eigenvalue weighted by atomic mass is 32.2. The van der Waals surface area contributed by atoms with E-state index in [1.165, 1.54) is 5.56 Å². The molecule has 2 nitrogen and oxygen atoms in total. The van der Waals surface area contributed by atoms with Crippen molar-refractivity contribution in [2.45, 2.75) is 18.2 Å². The number of nitrogen functional groups attached to an aromatic ring is 1. The fourth-order valence-electron chi connectivity index (χ4n) is 1.84. The Balaban J connectivity index is 2.07. The van der Waals surface area contributed by atoms with Crippen LogP contribution in [0.2, 0.25) is 0 Å². The standard InChI is InChI=1S/C15H17NOS/c1-12-14(16)8-5-9-15(12)18(17)11-10-13-6-3-2-4-7-13/h2-9H,10-11,16H2,1H3. The SMILES string of the molecule is Cc1c(N)cccc1S(=O)CCc1ccccc1. The molecule has 0 spiro atoms. The van der Waals surface area contributed by atoms with Gasteiger partial charge in [0, 0.05) is 16.3 Å². The molecule has 1 atom stereocenters. The molecule has 18 heavy (non-hydrogen) atoms. The molecule has 2 aromatic rings. The Morgan fingerprint density at radius 3 is 2.50 bits per heavy atom. The Kier molecular flexibility index (Phi) is 4.15. The fourth-order valence-corrected chi connectivity index (χ4v) is 3.17. The molecular weight excluding hydrogens is 242 g/mol. The molecule has 0 aliphatic rings. The molecule has 0 aliphatic heterocycles. The number of benzene rings is 2. The van der Waals surface area contributed by atoms with Crippen LogP contribution >= 0.6 is 0 Å². The van der Waals surface area contributed by atoms with Crippen molar-refractivity contribution in [2.75, 3.05) is 11.5 Å². The maximum Gasteiger partial charge on any atom is 0.0536 e. The van der Waals surface area contributed by atoms with Crippen LogP contribution < -0.4 is 5.73 Å². The Labute approximate surface area is 110 Å². The first-order valence-corrected chi connectivity index (χ1v) is 7.28. The Morgan fingerprint density at radius 2 is 1.78 bits per heavy atom. The van der Waals surface area contributed by atoms with Gasteiger partial charge in [0.15, 0.2) is 0 Å². The van der Waals surface area contributed by atoms with Crippen molar-refractivity contribution < 1.29 is 4.21 Å². The molecule has 0 saturated heterocycles. The van der Waals surface area contributed by atoms with Gasteiger partial charge in [-0.25, -0.2) is 0 Å². The van der Waals surface area contributed by atoms with E-state index in [2.05, 4.69) is 12.1 Å². The monoisotopic (exact) mass is 259 g/mol. The summed E-state index contributed by atoms with van der Waals surface area (Å²) in [5, 5.41) is 0. The molecule has 0 saturated carbocycles. The molecule has 94 valence electrons. The lowest BCUT2D eigenvalue weighted by Crippen LogP contribution is -2.04. The lowest BCUT2D eigenvalue weighted by atomic mass is 10.2.